The summed E-state index contributed by atoms with van der Waals surface area (Å²) < 4.78 is 0. The van der Waals surface area contributed by atoms with Gasteiger partial charge in [-0.1, -0.05) is 36.4 Å². The number of β-amino-alcohol motifs (C(OH)–C–C–N with tert-alkyl or cyclic N) is 1. The van der Waals surface area contributed by atoms with Crippen molar-refractivity contribution in [1.29, 1.82) is 0 Å². The predicted molar refractivity (Wildman–Crippen MR) is 122 cm³/mol. The van der Waals surface area contributed by atoms with E-state index in [9.17, 15) is 5.11 Å². The van der Waals surface area contributed by atoms with E-state index in [1.54, 1.807) is 6.20 Å². The number of anilines is 1. The fraction of sp³-hybridized carbons (Fsp3) is 0.400. The smallest absolute Gasteiger partial charge is 0.180 e. The van der Waals surface area contributed by atoms with Gasteiger partial charge in [0.05, 0.1) is 5.60 Å². The summed E-state index contributed by atoms with van der Waals surface area (Å²) in [5.74, 6) is 1.62. The summed E-state index contributed by atoms with van der Waals surface area (Å²) in [7, 11) is 2.04. The number of pyridine rings is 1. The Bertz CT molecular complexity index is 1040. The maximum Gasteiger partial charge on any atom is 0.180 e. The molecule has 1 atom stereocenters. The van der Waals surface area contributed by atoms with E-state index < -0.39 is 5.60 Å². The monoisotopic (exact) mass is 415 g/mol. The molecule has 1 aliphatic heterocycles. The molecule has 6 heteroatoms. The van der Waals surface area contributed by atoms with Crippen LogP contribution in [0.25, 0.3) is 11.5 Å². The molecule has 0 spiro atoms. The standard InChI is InChI=1S/C25H29N5O/c1-29(17-25(31)13-15-30(18-25)16-19-8-3-2-4-9-19)24-20-10-7-12-21(20)27-23(28-24)22-11-5-6-14-26-22/h2-6,8-9,11,14,31H,7,10,12-13,15-18H2,1H3. The summed E-state index contributed by atoms with van der Waals surface area (Å²) >= 11 is 0. The Morgan fingerprint density at radius 1 is 1.06 bits per heavy atom. The number of aliphatic hydroxyl groups is 1. The Balaban J connectivity index is 1.34. The van der Waals surface area contributed by atoms with E-state index in [0.717, 1.165) is 56.0 Å². The van der Waals surface area contributed by atoms with Crippen molar-refractivity contribution >= 4 is 5.82 Å². The Morgan fingerprint density at radius 2 is 1.90 bits per heavy atom. The lowest BCUT2D eigenvalue weighted by atomic mass is 10.0. The number of likely N-dealkylation sites (tertiary alicyclic amines) is 1. The van der Waals surface area contributed by atoms with Gasteiger partial charge in [-0.3, -0.25) is 9.88 Å². The molecule has 2 aromatic heterocycles. The Kier molecular flexibility index (Phi) is 5.42. The number of nitrogens with zero attached hydrogens (tertiary/aromatic N) is 5. The van der Waals surface area contributed by atoms with Gasteiger partial charge in [-0.05, 0) is 43.4 Å². The molecule has 1 N–H and O–H groups in total. The molecule has 0 saturated carbocycles. The molecule has 5 rings (SSSR count). The summed E-state index contributed by atoms with van der Waals surface area (Å²) in [4.78, 5) is 18.6. The topological polar surface area (TPSA) is 65.4 Å². The number of benzene rings is 1. The molecule has 0 bridgehead atoms. The average Bonchev–Trinajstić information content (AvgIpc) is 3.41. The van der Waals surface area contributed by atoms with Gasteiger partial charge in [0.1, 0.15) is 11.5 Å². The van der Waals surface area contributed by atoms with E-state index in [-0.39, 0.29) is 0 Å². The van der Waals surface area contributed by atoms with E-state index in [0.29, 0.717) is 18.9 Å². The van der Waals surface area contributed by atoms with Crippen LogP contribution in [0.5, 0.6) is 0 Å². The zero-order valence-electron chi connectivity index (χ0n) is 18.0. The second-order valence-corrected chi connectivity index (χ2v) is 8.89. The van der Waals surface area contributed by atoms with Crippen LogP contribution < -0.4 is 4.90 Å². The van der Waals surface area contributed by atoms with Crippen molar-refractivity contribution in [1.82, 2.24) is 19.9 Å². The van der Waals surface area contributed by atoms with E-state index in [1.165, 1.54) is 11.1 Å². The van der Waals surface area contributed by atoms with E-state index in [2.05, 4.69) is 39.0 Å². The van der Waals surface area contributed by atoms with Gasteiger partial charge in [-0.2, -0.15) is 0 Å². The van der Waals surface area contributed by atoms with Crippen molar-refractivity contribution in [3.05, 3.63) is 71.5 Å². The first-order valence-electron chi connectivity index (χ1n) is 11.1. The summed E-state index contributed by atoms with van der Waals surface area (Å²) in [5, 5.41) is 11.4. The molecule has 6 nitrogen and oxygen atoms in total. The van der Waals surface area contributed by atoms with Gasteiger partial charge < -0.3 is 10.0 Å². The molecule has 0 radical (unpaired) electrons. The van der Waals surface area contributed by atoms with Crippen molar-refractivity contribution < 1.29 is 5.11 Å². The van der Waals surface area contributed by atoms with Crippen LogP contribution >= 0.6 is 0 Å². The molecule has 1 aromatic carbocycles. The molecule has 31 heavy (non-hydrogen) atoms. The van der Waals surface area contributed by atoms with E-state index in [4.69, 9.17) is 9.97 Å². The Morgan fingerprint density at radius 3 is 2.71 bits per heavy atom. The zero-order valence-corrected chi connectivity index (χ0v) is 18.0. The second-order valence-electron chi connectivity index (χ2n) is 8.89. The summed E-state index contributed by atoms with van der Waals surface area (Å²) in [6, 6.07) is 16.3. The lowest BCUT2D eigenvalue weighted by Crippen LogP contribution is -2.44. The average molecular weight is 416 g/mol. The molecular formula is C25H29N5O. The zero-order chi connectivity index (χ0) is 21.3. The highest BCUT2D eigenvalue weighted by molar-refractivity contribution is 5.58. The van der Waals surface area contributed by atoms with E-state index >= 15 is 0 Å². The fourth-order valence-corrected chi connectivity index (χ4v) is 4.90. The van der Waals surface area contributed by atoms with Gasteiger partial charge in [0.15, 0.2) is 5.82 Å². The Hall–Kier alpha value is -2.83. The van der Waals surface area contributed by atoms with Crippen LogP contribution in [0.15, 0.2) is 54.7 Å². The number of hydrogen-bond donors (Lipinski definition) is 1. The van der Waals surface area contributed by atoms with Gasteiger partial charge in [0, 0.05) is 50.7 Å². The first-order chi connectivity index (χ1) is 15.1. The van der Waals surface area contributed by atoms with Crippen LogP contribution in [-0.4, -0.2) is 57.2 Å². The van der Waals surface area contributed by atoms with Gasteiger partial charge in [0.2, 0.25) is 0 Å². The van der Waals surface area contributed by atoms with Gasteiger partial charge in [0.25, 0.3) is 0 Å². The first-order valence-corrected chi connectivity index (χ1v) is 11.1. The molecular weight excluding hydrogens is 386 g/mol. The van der Waals surface area contributed by atoms with E-state index in [1.807, 2.05) is 31.3 Å². The SMILES string of the molecule is CN(CC1(O)CCN(Cc2ccccc2)C1)c1nc(-c2ccccn2)nc2c1CCC2. The number of hydrogen-bond acceptors (Lipinski definition) is 6. The quantitative estimate of drug-likeness (QED) is 0.667. The third-order valence-electron chi connectivity index (χ3n) is 6.36. The molecule has 1 saturated heterocycles. The minimum atomic E-state index is -0.745. The number of likely N-dealkylation sites (N-methyl/N-ethyl adjacent to an activating group) is 1. The maximum atomic E-state index is 11.4. The molecule has 1 fully saturated rings. The number of aryl methyl sites for hydroxylation is 1. The predicted octanol–water partition coefficient (Wildman–Crippen LogP) is 3.10. The van der Waals surface area contributed by atoms with Crippen molar-refractivity contribution in [2.45, 2.75) is 37.8 Å². The van der Waals surface area contributed by atoms with Crippen molar-refractivity contribution in [3.63, 3.8) is 0 Å². The van der Waals surface area contributed by atoms with Gasteiger partial charge in [-0.25, -0.2) is 9.97 Å². The number of rotatable bonds is 6. The molecule has 1 aliphatic carbocycles. The van der Waals surface area contributed by atoms with Crippen LogP contribution in [0.3, 0.4) is 0 Å². The van der Waals surface area contributed by atoms with Crippen LogP contribution in [0, 0.1) is 0 Å². The van der Waals surface area contributed by atoms with Crippen LogP contribution in [0.1, 0.15) is 29.7 Å². The highest BCUT2D eigenvalue weighted by atomic mass is 16.3. The fourth-order valence-electron chi connectivity index (χ4n) is 4.90. The Labute approximate surface area is 183 Å². The lowest BCUT2D eigenvalue weighted by Gasteiger charge is -2.31. The van der Waals surface area contributed by atoms with Crippen LogP contribution in [0.2, 0.25) is 0 Å². The van der Waals surface area contributed by atoms with Crippen molar-refractivity contribution in [3.8, 4) is 11.5 Å². The second kappa shape index (κ2) is 8.36. The molecule has 160 valence electrons. The molecule has 3 heterocycles. The highest BCUT2D eigenvalue weighted by Crippen LogP contribution is 2.32. The summed E-state index contributed by atoms with van der Waals surface area (Å²) in [6.07, 6.45) is 5.62. The van der Waals surface area contributed by atoms with Crippen LogP contribution in [-0.2, 0) is 19.4 Å². The molecule has 1 unspecified atom stereocenters. The highest BCUT2D eigenvalue weighted by Gasteiger charge is 2.38. The molecule has 3 aromatic rings. The minimum absolute atomic E-state index is 0.559. The minimum Gasteiger partial charge on any atom is -0.387 e. The van der Waals surface area contributed by atoms with Gasteiger partial charge in [-0.15, -0.1) is 0 Å². The molecule has 2 aliphatic rings. The van der Waals surface area contributed by atoms with Crippen molar-refractivity contribution in [2.75, 3.05) is 31.6 Å². The first kappa shape index (κ1) is 20.1. The van der Waals surface area contributed by atoms with Crippen molar-refractivity contribution in [2.24, 2.45) is 0 Å². The summed E-state index contributed by atoms with van der Waals surface area (Å²) in [5.41, 5.74) is 3.69. The molecule has 0 amide bonds. The largest absolute Gasteiger partial charge is 0.387 e. The lowest BCUT2D eigenvalue weighted by molar-refractivity contribution is 0.0561. The van der Waals surface area contributed by atoms with Crippen LogP contribution in [0.4, 0.5) is 5.82 Å². The third-order valence-corrected chi connectivity index (χ3v) is 6.36. The third kappa shape index (κ3) is 4.31. The maximum absolute atomic E-state index is 11.4. The van der Waals surface area contributed by atoms with Gasteiger partial charge >= 0.3 is 0 Å². The normalized spacial score (nSPS) is 20.7. The number of aromatic nitrogens is 3. The number of fused-ring (bicyclic) bond motifs is 1. The summed E-state index contributed by atoms with van der Waals surface area (Å²) in [6.45, 7) is 3.01.